The quantitative estimate of drug-likeness (QED) is 0.250. The minimum Gasteiger partial charge on any atom is -0.497 e. The number of hydrogen-bond acceptors (Lipinski definition) is 6. The van der Waals surface area contributed by atoms with Gasteiger partial charge < -0.3 is 14.2 Å². The fourth-order valence-corrected chi connectivity index (χ4v) is 3.41. The molecule has 0 aliphatic carbocycles. The van der Waals surface area contributed by atoms with E-state index in [1.165, 1.54) is 6.08 Å². The van der Waals surface area contributed by atoms with Crippen molar-refractivity contribution in [3.8, 4) is 11.5 Å². The Bertz CT molecular complexity index is 1270. The van der Waals surface area contributed by atoms with E-state index < -0.39 is 11.9 Å². The molecular weight excluding hydrogens is 498 g/mol. The third-order valence-corrected chi connectivity index (χ3v) is 5.23. The molecule has 160 valence electrons. The number of carbonyl (C=O) groups is 2. The van der Waals surface area contributed by atoms with E-state index >= 15 is 0 Å². The fraction of sp³-hybridized carbons (Fsp3) is 0.0417. The van der Waals surface area contributed by atoms with E-state index in [0.717, 1.165) is 4.47 Å². The molecule has 0 radical (unpaired) electrons. The Kier molecular flexibility index (Phi) is 6.39. The molecular formula is C24H15BrClNO5. The van der Waals surface area contributed by atoms with Crippen molar-refractivity contribution in [2.24, 2.45) is 4.99 Å². The van der Waals surface area contributed by atoms with E-state index in [1.807, 2.05) is 0 Å². The molecule has 3 aromatic carbocycles. The molecule has 0 amide bonds. The van der Waals surface area contributed by atoms with Crippen LogP contribution in [-0.2, 0) is 9.53 Å². The maximum Gasteiger partial charge on any atom is 0.363 e. The molecule has 0 bridgehead atoms. The van der Waals surface area contributed by atoms with Gasteiger partial charge in [-0.05, 0) is 66.7 Å². The lowest BCUT2D eigenvalue weighted by molar-refractivity contribution is -0.129. The smallest absolute Gasteiger partial charge is 0.363 e. The van der Waals surface area contributed by atoms with Gasteiger partial charge in [-0.2, -0.15) is 0 Å². The molecule has 0 spiro atoms. The van der Waals surface area contributed by atoms with Crippen molar-refractivity contribution in [3.05, 3.63) is 98.6 Å². The summed E-state index contributed by atoms with van der Waals surface area (Å²) in [7, 11) is 1.55. The highest BCUT2D eigenvalue weighted by Gasteiger charge is 2.25. The van der Waals surface area contributed by atoms with Crippen LogP contribution in [0.1, 0.15) is 21.5 Å². The highest BCUT2D eigenvalue weighted by atomic mass is 79.9. The lowest BCUT2D eigenvalue weighted by Gasteiger charge is -2.08. The summed E-state index contributed by atoms with van der Waals surface area (Å²) in [4.78, 5) is 29.3. The maximum absolute atomic E-state index is 12.5. The first-order chi connectivity index (χ1) is 15.4. The summed E-state index contributed by atoms with van der Waals surface area (Å²) in [5.74, 6) is -0.133. The van der Waals surface area contributed by atoms with E-state index in [0.29, 0.717) is 27.5 Å². The number of ether oxygens (including phenoxy) is 3. The Hall–Kier alpha value is -3.42. The zero-order chi connectivity index (χ0) is 22.7. The summed E-state index contributed by atoms with van der Waals surface area (Å²) >= 11 is 9.27. The Morgan fingerprint density at radius 1 is 1.09 bits per heavy atom. The van der Waals surface area contributed by atoms with E-state index in [4.69, 9.17) is 25.8 Å². The molecule has 4 rings (SSSR count). The molecule has 0 unspecified atom stereocenters. The van der Waals surface area contributed by atoms with Crippen LogP contribution >= 0.6 is 27.5 Å². The third-order valence-electron chi connectivity index (χ3n) is 4.48. The fourth-order valence-electron chi connectivity index (χ4n) is 2.91. The molecule has 0 saturated carbocycles. The second-order valence-corrected chi connectivity index (χ2v) is 8.00. The summed E-state index contributed by atoms with van der Waals surface area (Å²) in [6, 6.07) is 18.4. The number of benzene rings is 3. The van der Waals surface area contributed by atoms with Gasteiger partial charge in [0.1, 0.15) is 11.5 Å². The zero-order valence-corrected chi connectivity index (χ0v) is 19.0. The second kappa shape index (κ2) is 9.38. The van der Waals surface area contributed by atoms with Crippen LogP contribution in [0.25, 0.3) is 6.08 Å². The van der Waals surface area contributed by atoms with Crippen LogP contribution < -0.4 is 9.47 Å². The minimum absolute atomic E-state index is 0.0738. The number of esters is 2. The molecule has 0 aromatic heterocycles. The summed E-state index contributed by atoms with van der Waals surface area (Å²) in [6.45, 7) is 0. The number of nitrogens with zero attached hydrogens (tertiary/aromatic N) is 1. The van der Waals surface area contributed by atoms with E-state index in [2.05, 4.69) is 20.9 Å². The van der Waals surface area contributed by atoms with Crippen molar-refractivity contribution in [1.29, 1.82) is 0 Å². The summed E-state index contributed by atoms with van der Waals surface area (Å²) in [5.41, 5.74) is 1.49. The molecule has 1 heterocycles. The molecule has 32 heavy (non-hydrogen) atoms. The molecule has 3 aromatic rings. The van der Waals surface area contributed by atoms with Gasteiger partial charge >= 0.3 is 11.9 Å². The Morgan fingerprint density at radius 2 is 1.88 bits per heavy atom. The van der Waals surface area contributed by atoms with Crippen molar-refractivity contribution in [3.63, 3.8) is 0 Å². The highest BCUT2D eigenvalue weighted by Crippen LogP contribution is 2.29. The number of hydrogen-bond donors (Lipinski definition) is 0. The number of halogens is 2. The molecule has 0 N–H and O–H groups in total. The SMILES string of the molecule is COc1cccc(C2=N/C(=C\c3cc(Br)ccc3OC(=O)c3ccc(Cl)cc3)C(=O)O2)c1. The molecule has 0 atom stereocenters. The third kappa shape index (κ3) is 4.90. The number of cyclic esters (lactones) is 1. The van der Waals surface area contributed by atoms with Crippen molar-refractivity contribution >= 4 is 51.4 Å². The first-order valence-corrected chi connectivity index (χ1v) is 10.5. The number of carbonyl (C=O) groups excluding carboxylic acids is 2. The van der Waals surface area contributed by atoms with Crippen molar-refractivity contribution < 1.29 is 23.8 Å². The van der Waals surface area contributed by atoms with Gasteiger partial charge in [-0.15, -0.1) is 0 Å². The highest BCUT2D eigenvalue weighted by molar-refractivity contribution is 9.10. The summed E-state index contributed by atoms with van der Waals surface area (Å²) in [5, 5.41) is 0.514. The average molecular weight is 513 g/mol. The van der Waals surface area contributed by atoms with Gasteiger partial charge in [0.2, 0.25) is 5.90 Å². The Labute approximate surface area is 197 Å². The standard InChI is InChI=1S/C24H15BrClNO5/c1-30-19-4-2-3-15(12-19)22-27-20(24(29)32-22)13-16-11-17(25)7-10-21(16)31-23(28)14-5-8-18(26)9-6-14/h2-13H,1H3/b20-13-. The van der Waals surface area contributed by atoms with Gasteiger partial charge in [-0.3, -0.25) is 0 Å². The van der Waals surface area contributed by atoms with Crippen LogP contribution in [0.5, 0.6) is 11.5 Å². The topological polar surface area (TPSA) is 74.2 Å². The Morgan fingerprint density at radius 3 is 2.62 bits per heavy atom. The van der Waals surface area contributed by atoms with Crippen LogP contribution in [-0.4, -0.2) is 24.9 Å². The molecule has 0 fully saturated rings. The number of aliphatic imine (C=N–C) groups is 1. The van der Waals surface area contributed by atoms with Gasteiger partial charge in [0.25, 0.3) is 0 Å². The van der Waals surface area contributed by atoms with Gasteiger partial charge in [0, 0.05) is 20.6 Å². The predicted molar refractivity (Wildman–Crippen MR) is 124 cm³/mol. The number of rotatable bonds is 5. The van der Waals surface area contributed by atoms with E-state index in [1.54, 1.807) is 73.8 Å². The van der Waals surface area contributed by atoms with Crippen molar-refractivity contribution in [1.82, 2.24) is 0 Å². The van der Waals surface area contributed by atoms with Gasteiger partial charge in [0.15, 0.2) is 5.70 Å². The van der Waals surface area contributed by atoms with Crippen molar-refractivity contribution in [2.45, 2.75) is 0 Å². The maximum atomic E-state index is 12.5. The second-order valence-electron chi connectivity index (χ2n) is 6.65. The van der Waals surface area contributed by atoms with Crippen molar-refractivity contribution in [2.75, 3.05) is 7.11 Å². The first-order valence-electron chi connectivity index (χ1n) is 9.37. The molecule has 8 heteroatoms. The molecule has 0 saturated heterocycles. The zero-order valence-electron chi connectivity index (χ0n) is 16.7. The van der Waals surface area contributed by atoms with Gasteiger partial charge in [0.05, 0.1) is 12.7 Å². The van der Waals surface area contributed by atoms with E-state index in [-0.39, 0.29) is 17.3 Å². The van der Waals surface area contributed by atoms with Crippen LogP contribution in [0, 0.1) is 0 Å². The number of methoxy groups -OCH3 is 1. The van der Waals surface area contributed by atoms with Crippen LogP contribution in [0.4, 0.5) is 0 Å². The Balaban J connectivity index is 1.65. The van der Waals surface area contributed by atoms with Crippen LogP contribution in [0.3, 0.4) is 0 Å². The first kappa shape index (κ1) is 21.8. The van der Waals surface area contributed by atoms with Gasteiger partial charge in [-0.25, -0.2) is 14.6 Å². The largest absolute Gasteiger partial charge is 0.497 e. The molecule has 1 aliphatic rings. The van der Waals surface area contributed by atoms with Crippen LogP contribution in [0.15, 0.2) is 81.9 Å². The monoisotopic (exact) mass is 511 g/mol. The molecule has 6 nitrogen and oxygen atoms in total. The lowest BCUT2D eigenvalue weighted by Crippen LogP contribution is -2.09. The normalized spacial score (nSPS) is 14.2. The summed E-state index contributed by atoms with van der Waals surface area (Å²) < 4.78 is 16.8. The van der Waals surface area contributed by atoms with E-state index in [9.17, 15) is 9.59 Å². The van der Waals surface area contributed by atoms with Gasteiger partial charge in [-0.1, -0.05) is 33.6 Å². The predicted octanol–water partition coefficient (Wildman–Crippen LogP) is 5.67. The minimum atomic E-state index is -0.613. The lowest BCUT2D eigenvalue weighted by atomic mass is 10.1. The van der Waals surface area contributed by atoms with Crippen LogP contribution in [0.2, 0.25) is 5.02 Å². The molecule has 1 aliphatic heterocycles. The average Bonchev–Trinajstić information content (AvgIpc) is 3.16. The summed E-state index contributed by atoms with van der Waals surface area (Å²) in [6.07, 6.45) is 1.50.